The molecule has 0 amide bonds. The molecule has 2 fully saturated rings. The van der Waals surface area contributed by atoms with Gasteiger partial charge in [-0.15, -0.1) is 4.72 Å². The van der Waals surface area contributed by atoms with E-state index in [2.05, 4.69) is 22.9 Å². The van der Waals surface area contributed by atoms with Gasteiger partial charge in [-0.05, 0) is 100 Å². The highest BCUT2D eigenvalue weighted by Crippen LogP contribution is 2.55. The zero-order valence-electron chi connectivity index (χ0n) is 18.5. The Bertz CT molecular complexity index is 705. The fourth-order valence-corrected chi connectivity index (χ4v) is 6.06. The molecule has 0 bridgehead atoms. The smallest absolute Gasteiger partial charge is 0.136 e. The van der Waals surface area contributed by atoms with Gasteiger partial charge in [0.2, 0.25) is 0 Å². The number of ether oxygens (including phenoxy) is 2. The van der Waals surface area contributed by atoms with Crippen LogP contribution in [0, 0.1) is 11.3 Å². The standard InChI is InChI=1S/C24H37NO3S/c1-23(2,3)29(26)25-22-21-14-20(28-16-17-6-5-7-17)9-8-18(21)15-24(22)12-10-19(27-4)11-13-24/h8-9,14,17,19,22,25H,5-7,10-13,15-16H2,1-4H3/t19-,22?,24-,29?. The summed E-state index contributed by atoms with van der Waals surface area (Å²) in [6.07, 6.45) is 9.72. The first-order chi connectivity index (χ1) is 13.8. The maximum absolute atomic E-state index is 13.1. The number of fused-ring (bicyclic) bond motifs is 1. The lowest BCUT2D eigenvalue weighted by Gasteiger charge is -2.42. The summed E-state index contributed by atoms with van der Waals surface area (Å²) < 4.78 is 28.1. The molecule has 4 rings (SSSR count). The minimum Gasteiger partial charge on any atom is -0.598 e. The van der Waals surface area contributed by atoms with Crippen molar-refractivity contribution in [1.82, 2.24) is 4.72 Å². The molecule has 0 aromatic heterocycles. The molecule has 2 atom stereocenters. The molecule has 4 nitrogen and oxygen atoms in total. The number of methoxy groups -OCH3 is 1. The maximum atomic E-state index is 13.1. The Hall–Kier alpha value is -0.750. The van der Waals surface area contributed by atoms with Crippen LogP contribution in [-0.2, 0) is 22.5 Å². The van der Waals surface area contributed by atoms with E-state index in [1.165, 1.54) is 30.4 Å². The Kier molecular flexibility index (Phi) is 6.23. The molecule has 29 heavy (non-hydrogen) atoms. The highest BCUT2D eigenvalue weighted by atomic mass is 32.2. The molecule has 2 unspecified atom stereocenters. The van der Waals surface area contributed by atoms with Gasteiger partial charge in [0, 0.05) is 18.5 Å². The zero-order chi connectivity index (χ0) is 20.6. The van der Waals surface area contributed by atoms with Crippen LogP contribution < -0.4 is 9.46 Å². The van der Waals surface area contributed by atoms with Gasteiger partial charge in [0.15, 0.2) is 0 Å². The van der Waals surface area contributed by atoms with Gasteiger partial charge in [0.05, 0.1) is 18.8 Å². The third-order valence-electron chi connectivity index (χ3n) is 7.34. The first-order valence-electron chi connectivity index (χ1n) is 11.3. The Morgan fingerprint density at radius 2 is 1.90 bits per heavy atom. The van der Waals surface area contributed by atoms with Crippen molar-refractivity contribution in [2.24, 2.45) is 11.3 Å². The van der Waals surface area contributed by atoms with Crippen molar-refractivity contribution in [1.29, 1.82) is 0 Å². The fraction of sp³-hybridized carbons (Fsp3) is 0.750. The van der Waals surface area contributed by atoms with Gasteiger partial charge in [0.1, 0.15) is 10.5 Å². The minimum atomic E-state index is -1.10. The number of hydrogen-bond donors (Lipinski definition) is 1. The van der Waals surface area contributed by atoms with E-state index in [4.69, 9.17) is 9.47 Å². The summed E-state index contributed by atoms with van der Waals surface area (Å²) in [7, 11) is 1.82. The van der Waals surface area contributed by atoms with E-state index >= 15 is 0 Å². The number of rotatable bonds is 6. The molecule has 0 heterocycles. The second-order valence-corrected chi connectivity index (χ2v) is 12.4. The van der Waals surface area contributed by atoms with E-state index in [0.717, 1.165) is 50.4 Å². The van der Waals surface area contributed by atoms with Crippen molar-refractivity contribution in [2.75, 3.05) is 13.7 Å². The Labute approximate surface area is 179 Å². The average molecular weight is 420 g/mol. The monoisotopic (exact) mass is 419 g/mol. The lowest BCUT2D eigenvalue weighted by atomic mass is 9.69. The van der Waals surface area contributed by atoms with Gasteiger partial charge in [-0.25, -0.2) is 0 Å². The van der Waals surface area contributed by atoms with Gasteiger partial charge in [-0.3, -0.25) is 0 Å². The van der Waals surface area contributed by atoms with Crippen LogP contribution in [0.15, 0.2) is 18.2 Å². The van der Waals surface area contributed by atoms with Crippen LogP contribution in [0.4, 0.5) is 0 Å². The summed E-state index contributed by atoms with van der Waals surface area (Å²) >= 11 is -1.10. The molecular formula is C24H37NO3S. The number of benzene rings is 1. The molecule has 1 aromatic carbocycles. The highest BCUT2D eigenvalue weighted by Gasteiger charge is 2.50. The summed E-state index contributed by atoms with van der Waals surface area (Å²) in [5.41, 5.74) is 2.81. The molecule has 3 aliphatic rings. The fourth-order valence-electron chi connectivity index (χ4n) is 5.12. The molecule has 1 aromatic rings. The first kappa shape index (κ1) is 21.5. The van der Waals surface area contributed by atoms with E-state index in [1.807, 2.05) is 27.9 Å². The summed E-state index contributed by atoms with van der Waals surface area (Å²) in [6, 6.07) is 6.72. The molecule has 162 valence electrons. The van der Waals surface area contributed by atoms with Crippen LogP contribution in [0.25, 0.3) is 0 Å². The van der Waals surface area contributed by atoms with Crippen molar-refractivity contribution in [2.45, 2.75) is 89.0 Å². The Morgan fingerprint density at radius 1 is 1.17 bits per heavy atom. The van der Waals surface area contributed by atoms with E-state index in [0.29, 0.717) is 6.10 Å². The third-order valence-corrected chi connectivity index (χ3v) is 8.90. The van der Waals surface area contributed by atoms with Gasteiger partial charge >= 0.3 is 0 Å². The number of nitrogens with one attached hydrogen (secondary N) is 1. The van der Waals surface area contributed by atoms with Crippen LogP contribution in [-0.4, -0.2) is 29.1 Å². The van der Waals surface area contributed by atoms with Crippen molar-refractivity contribution < 1.29 is 14.0 Å². The second kappa shape index (κ2) is 8.41. The van der Waals surface area contributed by atoms with Crippen LogP contribution in [0.5, 0.6) is 5.75 Å². The topological polar surface area (TPSA) is 53.5 Å². The molecule has 5 heteroatoms. The van der Waals surface area contributed by atoms with E-state index in [1.54, 1.807) is 0 Å². The van der Waals surface area contributed by atoms with Crippen LogP contribution in [0.3, 0.4) is 0 Å². The molecule has 3 aliphatic carbocycles. The molecule has 2 saturated carbocycles. The van der Waals surface area contributed by atoms with E-state index in [-0.39, 0.29) is 16.2 Å². The summed E-state index contributed by atoms with van der Waals surface area (Å²) in [5.74, 6) is 1.69. The molecule has 1 N–H and O–H groups in total. The minimum absolute atomic E-state index is 0.114. The second-order valence-electron chi connectivity index (χ2n) is 10.4. The van der Waals surface area contributed by atoms with Crippen molar-refractivity contribution in [3.8, 4) is 5.75 Å². The molecule has 0 saturated heterocycles. The Morgan fingerprint density at radius 3 is 2.48 bits per heavy atom. The number of hydrogen-bond acceptors (Lipinski definition) is 4. The SMILES string of the molecule is CO[C@H]1CC[C@]2(CC1)Cc1ccc(OCC3CCC3)cc1C2N[S+]([O-])C(C)(C)C. The third kappa shape index (κ3) is 4.48. The Balaban J connectivity index is 1.57. The molecular weight excluding hydrogens is 382 g/mol. The largest absolute Gasteiger partial charge is 0.598 e. The maximum Gasteiger partial charge on any atom is 0.136 e. The lowest BCUT2D eigenvalue weighted by Crippen LogP contribution is -2.47. The predicted octanol–water partition coefficient (Wildman–Crippen LogP) is 5.09. The van der Waals surface area contributed by atoms with Crippen molar-refractivity contribution in [3.63, 3.8) is 0 Å². The quantitative estimate of drug-likeness (QED) is 0.653. The van der Waals surface area contributed by atoms with Crippen molar-refractivity contribution in [3.05, 3.63) is 29.3 Å². The summed E-state index contributed by atoms with van der Waals surface area (Å²) in [4.78, 5) is 0. The average Bonchev–Trinajstić information content (AvgIpc) is 2.93. The predicted molar refractivity (Wildman–Crippen MR) is 118 cm³/mol. The summed E-state index contributed by atoms with van der Waals surface area (Å²) in [5, 5.41) is 0. The van der Waals surface area contributed by atoms with Gasteiger partial charge < -0.3 is 14.0 Å². The van der Waals surface area contributed by atoms with Crippen LogP contribution >= 0.6 is 0 Å². The normalized spacial score (nSPS) is 30.8. The van der Waals surface area contributed by atoms with E-state index < -0.39 is 11.4 Å². The van der Waals surface area contributed by atoms with Crippen molar-refractivity contribution >= 4 is 11.4 Å². The molecule has 0 radical (unpaired) electrons. The van der Waals surface area contributed by atoms with Gasteiger partial charge in [0.25, 0.3) is 0 Å². The first-order valence-corrected chi connectivity index (χ1v) is 12.4. The lowest BCUT2D eigenvalue weighted by molar-refractivity contribution is 0.0185. The molecule has 1 spiro atoms. The van der Waals surface area contributed by atoms with Crippen LogP contribution in [0.2, 0.25) is 0 Å². The summed E-state index contributed by atoms with van der Waals surface area (Å²) in [6.45, 7) is 6.95. The zero-order valence-corrected chi connectivity index (χ0v) is 19.3. The van der Waals surface area contributed by atoms with Crippen LogP contribution in [0.1, 0.15) is 82.9 Å². The van der Waals surface area contributed by atoms with E-state index in [9.17, 15) is 4.55 Å². The highest BCUT2D eigenvalue weighted by molar-refractivity contribution is 7.90. The molecule has 0 aliphatic heterocycles. The van der Waals surface area contributed by atoms with Gasteiger partial charge in [-0.2, -0.15) is 0 Å². The van der Waals surface area contributed by atoms with Gasteiger partial charge in [-0.1, -0.05) is 12.5 Å².